The molecule has 0 aromatic carbocycles. The summed E-state index contributed by atoms with van der Waals surface area (Å²) < 4.78 is 5.23. The molecule has 4 unspecified atom stereocenters. The van der Waals surface area contributed by atoms with E-state index in [1.54, 1.807) is 7.11 Å². The molecule has 1 fully saturated rings. The Labute approximate surface area is 88.4 Å². The van der Waals surface area contributed by atoms with Gasteiger partial charge in [-0.15, -0.1) is 0 Å². The van der Waals surface area contributed by atoms with Gasteiger partial charge in [0.25, 0.3) is 0 Å². The van der Waals surface area contributed by atoms with Gasteiger partial charge in [0, 0.05) is 19.7 Å². The van der Waals surface area contributed by atoms with E-state index in [9.17, 15) is 0 Å². The van der Waals surface area contributed by atoms with Crippen molar-refractivity contribution in [3.8, 4) is 0 Å². The van der Waals surface area contributed by atoms with E-state index in [0.717, 1.165) is 24.4 Å². The summed E-state index contributed by atoms with van der Waals surface area (Å²) in [6.07, 6.45) is 4.38. The van der Waals surface area contributed by atoms with Crippen molar-refractivity contribution in [3.05, 3.63) is 0 Å². The summed E-state index contributed by atoms with van der Waals surface area (Å²) in [5.74, 6) is 1.78. The lowest BCUT2D eigenvalue weighted by Crippen LogP contribution is -2.39. The van der Waals surface area contributed by atoms with E-state index in [-0.39, 0.29) is 0 Å². The first kappa shape index (κ1) is 12.0. The SMILES string of the molecule is COC(C)CNC1CCC(C)C(C)C1. The van der Waals surface area contributed by atoms with Crippen LogP contribution in [0.4, 0.5) is 0 Å². The molecule has 1 N–H and O–H groups in total. The Balaban J connectivity index is 2.20. The van der Waals surface area contributed by atoms with Crippen molar-refractivity contribution in [2.75, 3.05) is 13.7 Å². The van der Waals surface area contributed by atoms with Crippen LogP contribution >= 0.6 is 0 Å². The molecule has 0 spiro atoms. The molecule has 0 amide bonds. The molecule has 1 saturated carbocycles. The standard InChI is InChI=1S/C12H25NO/c1-9-5-6-12(7-10(9)2)13-8-11(3)14-4/h9-13H,5-8H2,1-4H3. The van der Waals surface area contributed by atoms with Crippen molar-refractivity contribution >= 4 is 0 Å². The highest BCUT2D eigenvalue weighted by Gasteiger charge is 2.24. The zero-order valence-electron chi connectivity index (χ0n) is 10.0. The van der Waals surface area contributed by atoms with Crippen LogP contribution in [0.5, 0.6) is 0 Å². The number of ether oxygens (including phenoxy) is 1. The molecule has 0 radical (unpaired) electrons. The summed E-state index contributed by atoms with van der Waals surface area (Å²) in [6, 6.07) is 0.721. The number of hydrogen-bond acceptors (Lipinski definition) is 2. The van der Waals surface area contributed by atoms with Gasteiger partial charge in [-0.2, -0.15) is 0 Å². The van der Waals surface area contributed by atoms with Gasteiger partial charge < -0.3 is 10.1 Å². The topological polar surface area (TPSA) is 21.3 Å². The minimum atomic E-state index is 0.338. The number of nitrogens with one attached hydrogen (secondary N) is 1. The summed E-state index contributed by atoms with van der Waals surface area (Å²) in [5.41, 5.74) is 0. The maximum absolute atomic E-state index is 5.23. The van der Waals surface area contributed by atoms with Gasteiger partial charge >= 0.3 is 0 Å². The lowest BCUT2D eigenvalue weighted by atomic mass is 9.79. The van der Waals surface area contributed by atoms with Crippen LogP contribution in [0.3, 0.4) is 0 Å². The normalized spacial score (nSPS) is 35.6. The molecule has 14 heavy (non-hydrogen) atoms. The second kappa shape index (κ2) is 5.72. The summed E-state index contributed by atoms with van der Waals surface area (Å²) >= 11 is 0. The highest BCUT2D eigenvalue weighted by atomic mass is 16.5. The van der Waals surface area contributed by atoms with Gasteiger partial charge in [0.1, 0.15) is 0 Å². The lowest BCUT2D eigenvalue weighted by Gasteiger charge is -2.33. The predicted octanol–water partition coefficient (Wildman–Crippen LogP) is 2.44. The first-order chi connectivity index (χ1) is 6.63. The van der Waals surface area contributed by atoms with E-state index in [0.29, 0.717) is 6.10 Å². The lowest BCUT2D eigenvalue weighted by molar-refractivity contribution is 0.108. The number of rotatable bonds is 4. The zero-order chi connectivity index (χ0) is 10.6. The zero-order valence-corrected chi connectivity index (χ0v) is 10.0. The summed E-state index contributed by atoms with van der Waals surface area (Å²) in [5, 5.41) is 3.60. The van der Waals surface area contributed by atoms with Crippen molar-refractivity contribution in [1.82, 2.24) is 5.32 Å². The predicted molar refractivity (Wildman–Crippen MR) is 60.4 cm³/mol. The third-order valence-electron chi connectivity index (χ3n) is 3.69. The molecule has 1 rings (SSSR count). The molecule has 1 aliphatic rings. The molecule has 0 saturated heterocycles. The van der Waals surface area contributed by atoms with Crippen LogP contribution in [0.2, 0.25) is 0 Å². The monoisotopic (exact) mass is 199 g/mol. The van der Waals surface area contributed by atoms with Gasteiger partial charge in [0.15, 0.2) is 0 Å². The van der Waals surface area contributed by atoms with Crippen LogP contribution in [-0.4, -0.2) is 25.8 Å². The van der Waals surface area contributed by atoms with E-state index in [1.165, 1.54) is 19.3 Å². The van der Waals surface area contributed by atoms with Crippen LogP contribution in [0.1, 0.15) is 40.0 Å². The molecule has 0 aliphatic heterocycles. The maximum atomic E-state index is 5.23. The Morgan fingerprint density at radius 1 is 1.29 bits per heavy atom. The van der Waals surface area contributed by atoms with Crippen LogP contribution in [-0.2, 0) is 4.74 Å². The largest absolute Gasteiger partial charge is 0.380 e. The van der Waals surface area contributed by atoms with Gasteiger partial charge in [0.2, 0.25) is 0 Å². The minimum absolute atomic E-state index is 0.338. The van der Waals surface area contributed by atoms with Gasteiger partial charge in [-0.25, -0.2) is 0 Å². The van der Waals surface area contributed by atoms with Crippen molar-refractivity contribution in [2.24, 2.45) is 11.8 Å². The maximum Gasteiger partial charge on any atom is 0.0667 e. The van der Waals surface area contributed by atoms with Gasteiger partial charge in [-0.05, 0) is 38.0 Å². The quantitative estimate of drug-likeness (QED) is 0.751. The number of methoxy groups -OCH3 is 1. The Morgan fingerprint density at radius 3 is 2.57 bits per heavy atom. The van der Waals surface area contributed by atoms with Crippen molar-refractivity contribution in [1.29, 1.82) is 0 Å². The van der Waals surface area contributed by atoms with Gasteiger partial charge in [0.05, 0.1) is 6.10 Å². The Hall–Kier alpha value is -0.0800. The van der Waals surface area contributed by atoms with Gasteiger partial charge in [-0.3, -0.25) is 0 Å². The summed E-state index contributed by atoms with van der Waals surface area (Å²) in [6.45, 7) is 7.85. The molecule has 0 heterocycles. The fourth-order valence-electron chi connectivity index (χ4n) is 2.15. The van der Waals surface area contributed by atoms with Crippen LogP contribution < -0.4 is 5.32 Å². The molecule has 0 aromatic rings. The highest BCUT2D eigenvalue weighted by Crippen LogP contribution is 2.29. The molecule has 4 atom stereocenters. The fraction of sp³-hybridized carbons (Fsp3) is 1.00. The highest BCUT2D eigenvalue weighted by molar-refractivity contribution is 4.80. The molecule has 2 nitrogen and oxygen atoms in total. The van der Waals surface area contributed by atoms with Crippen LogP contribution in [0.15, 0.2) is 0 Å². The average Bonchev–Trinajstić information content (AvgIpc) is 2.19. The smallest absolute Gasteiger partial charge is 0.0667 e. The van der Waals surface area contributed by atoms with E-state index in [4.69, 9.17) is 4.74 Å². The Kier molecular flexibility index (Phi) is 4.90. The minimum Gasteiger partial charge on any atom is -0.380 e. The third kappa shape index (κ3) is 3.58. The van der Waals surface area contributed by atoms with Crippen LogP contribution in [0.25, 0.3) is 0 Å². The van der Waals surface area contributed by atoms with E-state index in [2.05, 4.69) is 26.1 Å². The Bertz CT molecular complexity index is 160. The Morgan fingerprint density at radius 2 is 2.00 bits per heavy atom. The molecule has 1 aliphatic carbocycles. The molecule has 0 aromatic heterocycles. The van der Waals surface area contributed by atoms with Crippen molar-refractivity contribution < 1.29 is 4.74 Å². The molecular formula is C12H25NO. The average molecular weight is 199 g/mol. The number of hydrogen-bond donors (Lipinski definition) is 1. The second-order valence-electron chi connectivity index (χ2n) is 4.92. The van der Waals surface area contributed by atoms with Crippen LogP contribution in [0, 0.1) is 11.8 Å². The fourth-order valence-corrected chi connectivity index (χ4v) is 2.15. The van der Waals surface area contributed by atoms with Gasteiger partial charge in [-0.1, -0.05) is 13.8 Å². The van der Waals surface area contributed by atoms with Crippen molar-refractivity contribution in [2.45, 2.75) is 52.2 Å². The molecule has 2 heteroatoms. The van der Waals surface area contributed by atoms with E-state index >= 15 is 0 Å². The second-order valence-corrected chi connectivity index (χ2v) is 4.92. The summed E-state index contributed by atoms with van der Waals surface area (Å²) in [4.78, 5) is 0. The molecular weight excluding hydrogens is 174 g/mol. The van der Waals surface area contributed by atoms with E-state index in [1.807, 2.05) is 0 Å². The molecule has 84 valence electrons. The summed E-state index contributed by atoms with van der Waals surface area (Å²) in [7, 11) is 1.78. The first-order valence-electron chi connectivity index (χ1n) is 5.89. The van der Waals surface area contributed by atoms with E-state index < -0.39 is 0 Å². The van der Waals surface area contributed by atoms with Crippen molar-refractivity contribution in [3.63, 3.8) is 0 Å². The first-order valence-corrected chi connectivity index (χ1v) is 5.89. The molecule has 0 bridgehead atoms. The third-order valence-corrected chi connectivity index (χ3v) is 3.69.